The number of rotatable bonds is 5. The first-order chi connectivity index (χ1) is 11.3. The van der Waals surface area contributed by atoms with Gasteiger partial charge in [-0.1, -0.05) is 6.07 Å². The first-order valence-electron chi connectivity index (χ1n) is 7.46. The molecule has 2 aromatic rings. The summed E-state index contributed by atoms with van der Waals surface area (Å²) < 4.78 is 32.1. The Labute approximate surface area is 141 Å². The largest absolute Gasteiger partial charge is 0.450 e. The van der Waals surface area contributed by atoms with Crippen molar-refractivity contribution in [2.45, 2.75) is 25.7 Å². The average molecular weight is 348 g/mol. The van der Waals surface area contributed by atoms with Crippen molar-refractivity contribution in [3.8, 4) is 0 Å². The zero-order valence-corrected chi connectivity index (χ0v) is 14.6. The van der Waals surface area contributed by atoms with Gasteiger partial charge in [-0.2, -0.15) is 0 Å². The summed E-state index contributed by atoms with van der Waals surface area (Å²) in [6.07, 6.45) is -0.582. The Hall–Kier alpha value is -2.54. The number of aryl methyl sites for hydroxylation is 2. The molecule has 0 spiro atoms. The number of hydrogen-bond donors (Lipinski definition) is 2. The van der Waals surface area contributed by atoms with Crippen LogP contribution in [0.25, 0.3) is 0 Å². The third-order valence-electron chi connectivity index (χ3n) is 3.45. The standard InChI is InChI=1S/C17H20N2O4S/c1-4-23-17(20)18-14-7-9-16(10-8-14)24(21,22)19-15-6-5-12(2)13(3)11-15/h5-11,19H,4H2,1-3H3,(H,18,20). The average Bonchev–Trinajstić information content (AvgIpc) is 2.51. The van der Waals surface area contributed by atoms with E-state index >= 15 is 0 Å². The van der Waals surface area contributed by atoms with Crippen molar-refractivity contribution >= 4 is 27.5 Å². The van der Waals surface area contributed by atoms with Crippen LogP contribution in [-0.2, 0) is 14.8 Å². The second kappa shape index (κ2) is 7.35. The molecule has 0 aliphatic rings. The molecule has 0 fully saturated rings. The van der Waals surface area contributed by atoms with E-state index in [0.717, 1.165) is 11.1 Å². The number of carbonyl (C=O) groups is 1. The first kappa shape index (κ1) is 17.8. The van der Waals surface area contributed by atoms with E-state index in [4.69, 9.17) is 4.74 Å². The van der Waals surface area contributed by atoms with Crippen molar-refractivity contribution in [3.05, 3.63) is 53.6 Å². The number of anilines is 2. The highest BCUT2D eigenvalue weighted by Gasteiger charge is 2.14. The molecule has 0 aliphatic carbocycles. The molecule has 24 heavy (non-hydrogen) atoms. The summed E-state index contributed by atoms with van der Waals surface area (Å²) in [5, 5.41) is 2.51. The van der Waals surface area contributed by atoms with Gasteiger partial charge in [-0.3, -0.25) is 10.0 Å². The van der Waals surface area contributed by atoms with Crippen LogP contribution in [0, 0.1) is 13.8 Å². The predicted molar refractivity (Wildman–Crippen MR) is 93.8 cm³/mol. The lowest BCUT2D eigenvalue weighted by Crippen LogP contribution is -2.15. The summed E-state index contributed by atoms with van der Waals surface area (Å²) in [4.78, 5) is 11.4. The van der Waals surface area contributed by atoms with Gasteiger partial charge in [-0.15, -0.1) is 0 Å². The number of amides is 1. The van der Waals surface area contributed by atoms with Crippen molar-refractivity contribution in [2.75, 3.05) is 16.6 Å². The molecule has 0 radical (unpaired) electrons. The van der Waals surface area contributed by atoms with Gasteiger partial charge in [0.15, 0.2) is 0 Å². The quantitative estimate of drug-likeness (QED) is 0.863. The Morgan fingerprint density at radius 1 is 1.00 bits per heavy atom. The van der Waals surface area contributed by atoms with Gasteiger partial charge in [0.1, 0.15) is 0 Å². The van der Waals surface area contributed by atoms with Gasteiger partial charge in [0.2, 0.25) is 0 Å². The maximum Gasteiger partial charge on any atom is 0.411 e. The van der Waals surface area contributed by atoms with E-state index in [9.17, 15) is 13.2 Å². The Kier molecular flexibility index (Phi) is 5.46. The third-order valence-corrected chi connectivity index (χ3v) is 4.84. The van der Waals surface area contributed by atoms with Gasteiger partial charge in [0, 0.05) is 11.4 Å². The van der Waals surface area contributed by atoms with E-state index in [1.54, 1.807) is 19.1 Å². The molecule has 0 aliphatic heterocycles. The SMILES string of the molecule is CCOC(=O)Nc1ccc(S(=O)(=O)Nc2ccc(C)c(C)c2)cc1. The number of hydrogen-bond acceptors (Lipinski definition) is 4. The molecule has 2 N–H and O–H groups in total. The summed E-state index contributed by atoms with van der Waals surface area (Å²) in [6.45, 7) is 5.84. The lowest BCUT2D eigenvalue weighted by molar-refractivity contribution is 0.168. The van der Waals surface area contributed by atoms with Crippen LogP contribution in [0.5, 0.6) is 0 Å². The van der Waals surface area contributed by atoms with Gasteiger partial charge in [-0.25, -0.2) is 13.2 Å². The zero-order valence-electron chi connectivity index (χ0n) is 13.8. The molecule has 2 rings (SSSR count). The minimum atomic E-state index is -3.69. The van der Waals surface area contributed by atoms with Crippen LogP contribution >= 0.6 is 0 Å². The number of carbonyl (C=O) groups excluding carboxylic acids is 1. The molecular weight excluding hydrogens is 328 g/mol. The molecule has 0 atom stereocenters. The van der Waals surface area contributed by atoms with Gasteiger partial charge in [0.25, 0.3) is 10.0 Å². The summed E-state index contributed by atoms with van der Waals surface area (Å²) in [5.41, 5.74) is 3.06. The van der Waals surface area contributed by atoms with Crippen LogP contribution in [0.2, 0.25) is 0 Å². The molecule has 0 bridgehead atoms. The maximum atomic E-state index is 12.4. The Balaban J connectivity index is 2.14. The Bertz CT molecular complexity index is 830. The molecule has 0 unspecified atom stereocenters. The highest BCUT2D eigenvalue weighted by Crippen LogP contribution is 2.20. The van der Waals surface area contributed by atoms with Crippen molar-refractivity contribution in [3.63, 3.8) is 0 Å². The number of sulfonamides is 1. The van der Waals surface area contributed by atoms with Crippen LogP contribution in [0.3, 0.4) is 0 Å². The Morgan fingerprint density at radius 3 is 2.21 bits per heavy atom. The van der Waals surface area contributed by atoms with E-state index in [1.165, 1.54) is 24.3 Å². The van der Waals surface area contributed by atoms with E-state index in [0.29, 0.717) is 11.4 Å². The minimum Gasteiger partial charge on any atom is -0.450 e. The van der Waals surface area contributed by atoms with Crippen LogP contribution < -0.4 is 10.0 Å². The zero-order chi connectivity index (χ0) is 17.7. The van der Waals surface area contributed by atoms with Gasteiger partial charge < -0.3 is 4.74 Å². The monoisotopic (exact) mass is 348 g/mol. The lowest BCUT2D eigenvalue weighted by atomic mass is 10.1. The van der Waals surface area contributed by atoms with Crippen LogP contribution in [0.1, 0.15) is 18.1 Å². The fourth-order valence-corrected chi connectivity index (χ4v) is 3.07. The normalized spacial score (nSPS) is 11.0. The molecule has 128 valence electrons. The highest BCUT2D eigenvalue weighted by molar-refractivity contribution is 7.92. The smallest absolute Gasteiger partial charge is 0.411 e. The van der Waals surface area contributed by atoms with Crippen molar-refractivity contribution < 1.29 is 17.9 Å². The number of ether oxygens (including phenoxy) is 1. The van der Waals surface area contributed by atoms with Gasteiger partial charge in [0.05, 0.1) is 11.5 Å². The molecule has 7 heteroatoms. The van der Waals surface area contributed by atoms with Crippen molar-refractivity contribution in [1.82, 2.24) is 0 Å². The predicted octanol–water partition coefficient (Wildman–Crippen LogP) is 3.67. The molecule has 0 aromatic heterocycles. The highest BCUT2D eigenvalue weighted by atomic mass is 32.2. The molecule has 2 aromatic carbocycles. The molecule has 0 saturated carbocycles. The molecular formula is C17H20N2O4S. The van der Waals surface area contributed by atoms with E-state index < -0.39 is 16.1 Å². The maximum absolute atomic E-state index is 12.4. The second-order valence-electron chi connectivity index (χ2n) is 5.27. The molecule has 0 heterocycles. The second-order valence-corrected chi connectivity index (χ2v) is 6.96. The van der Waals surface area contributed by atoms with Crippen LogP contribution in [0.15, 0.2) is 47.4 Å². The third kappa shape index (κ3) is 4.48. The summed E-state index contributed by atoms with van der Waals surface area (Å²) in [6, 6.07) is 11.2. The molecule has 1 amide bonds. The topological polar surface area (TPSA) is 84.5 Å². The van der Waals surface area contributed by atoms with Crippen molar-refractivity contribution in [2.24, 2.45) is 0 Å². The number of benzene rings is 2. The first-order valence-corrected chi connectivity index (χ1v) is 8.94. The minimum absolute atomic E-state index is 0.107. The van der Waals surface area contributed by atoms with E-state index in [-0.39, 0.29) is 11.5 Å². The van der Waals surface area contributed by atoms with Crippen LogP contribution in [-0.4, -0.2) is 21.1 Å². The van der Waals surface area contributed by atoms with Crippen molar-refractivity contribution in [1.29, 1.82) is 0 Å². The van der Waals surface area contributed by atoms with Gasteiger partial charge in [-0.05, 0) is 68.3 Å². The fraction of sp³-hybridized carbons (Fsp3) is 0.235. The summed E-state index contributed by atoms with van der Waals surface area (Å²) >= 11 is 0. The Morgan fingerprint density at radius 2 is 1.62 bits per heavy atom. The molecule has 6 nitrogen and oxygen atoms in total. The summed E-state index contributed by atoms with van der Waals surface area (Å²) in [7, 11) is -3.69. The number of nitrogens with one attached hydrogen (secondary N) is 2. The van der Waals surface area contributed by atoms with E-state index in [1.807, 2.05) is 19.9 Å². The molecule has 0 saturated heterocycles. The summed E-state index contributed by atoms with van der Waals surface area (Å²) in [5.74, 6) is 0. The van der Waals surface area contributed by atoms with E-state index in [2.05, 4.69) is 10.0 Å². The van der Waals surface area contributed by atoms with Crippen LogP contribution in [0.4, 0.5) is 16.2 Å². The fourth-order valence-electron chi connectivity index (χ4n) is 2.02. The lowest BCUT2D eigenvalue weighted by Gasteiger charge is -2.11. The van der Waals surface area contributed by atoms with Gasteiger partial charge >= 0.3 is 6.09 Å².